The average Bonchev–Trinajstić information content (AvgIpc) is 2.73. The fraction of sp³-hybridized carbons (Fsp3) is 0.136. The van der Waals surface area contributed by atoms with Gasteiger partial charge in [0.2, 0.25) is 10.0 Å². The summed E-state index contributed by atoms with van der Waals surface area (Å²) in [6.45, 7) is 0.418. The van der Waals surface area contributed by atoms with Crippen molar-refractivity contribution in [1.82, 2.24) is 4.31 Å². The van der Waals surface area contributed by atoms with Crippen molar-refractivity contribution in [2.45, 2.75) is 11.4 Å². The van der Waals surface area contributed by atoms with E-state index in [0.29, 0.717) is 12.1 Å². The summed E-state index contributed by atoms with van der Waals surface area (Å²) in [7, 11) is -0.577. The van der Waals surface area contributed by atoms with Crippen LogP contribution >= 0.6 is 0 Å². The summed E-state index contributed by atoms with van der Waals surface area (Å²) in [5, 5.41) is 0. The summed E-state index contributed by atoms with van der Waals surface area (Å²) in [5.74, 6) is -0.191. The van der Waals surface area contributed by atoms with Crippen LogP contribution in [0.3, 0.4) is 0 Å². The quantitative estimate of drug-likeness (QED) is 0.639. The summed E-state index contributed by atoms with van der Waals surface area (Å²) < 4.78 is 25.6. The van der Waals surface area contributed by atoms with E-state index in [4.69, 9.17) is 0 Å². The van der Waals surface area contributed by atoms with Crippen molar-refractivity contribution in [2.75, 3.05) is 19.0 Å². The summed E-state index contributed by atoms with van der Waals surface area (Å²) in [6.07, 6.45) is 0. The van der Waals surface area contributed by atoms with E-state index < -0.39 is 10.0 Å². The normalized spacial score (nSPS) is 11.4. The Balaban J connectivity index is 1.93. The van der Waals surface area contributed by atoms with Gasteiger partial charge in [0.25, 0.3) is 5.91 Å². The van der Waals surface area contributed by atoms with Gasteiger partial charge < -0.3 is 4.90 Å². The maximum absolute atomic E-state index is 13.2. The van der Waals surface area contributed by atoms with Crippen molar-refractivity contribution >= 4 is 21.6 Å². The molecule has 0 heterocycles. The van der Waals surface area contributed by atoms with E-state index in [0.717, 1.165) is 15.6 Å². The van der Waals surface area contributed by atoms with Crippen LogP contribution in [0, 0.1) is 0 Å². The molecule has 0 aromatic heterocycles. The third-order valence-corrected chi connectivity index (χ3v) is 6.21. The molecule has 6 heteroatoms. The van der Waals surface area contributed by atoms with Crippen molar-refractivity contribution in [3.8, 4) is 0 Å². The minimum atomic E-state index is -3.53. The van der Waals surface area contributed by atoms with Gasteiger partial charge in [0, 0.05) is 25.3 Å². The monoisotopic (exact) mass is 394 g/mol. The standard InChI is InChI=1S/C22H22N2O3S/c1-23(2)28(26,27)21-15-13-19(14-16-21)22(25)24(20-11-7-4-8-12-20)17-18-9-5-3-6-10-18/h3-16H,17H2,1-2H3. The fourth-order valence-electron chi connectivity index (χ4n) is 2.79. The van der Waals surface area contributed by atoms with Gasteiger partial charge in [-0.3, -0.25) is 4.79 Å². The molecule has 3 rings (SSSR count). The topological polar surface area (TPSA) is 57.7 Å². The molecule has 0 aliphatic carbocycles. The fourth-order valence-corrected chi connectivity index (χ4v) is 3.69. The number of carbonyl (C=O) groups is 1. The molecular weight excluding hydrogens is 372 g/mol. The molecule has 0 bridgehead atoms. The van der Waals surface area contributed by atoms with Crippen LogP contribution in [0.5, 0.6) is 0 Å². The Morgan fingerprint density at radius 2 is 1.32 bits per heavy atom. The number of anilines is 1. The number of carbonyl (C=O) groups excluding carboxylic acids is 1. The van der Waals surface area contributed by atoms with Crippen LogP contribution in [-0.4, -0.2) is 32.7 Å². The van der Waals surface area contributed by atoms with E-state index in [2.05, 4.69) is 0 Å². The highest BCUT2D eigenvalue weighted by atomic mass is 32.2. The zero-order chi connectivity index (χ0) is 20.1. The summed E-state index contributed by atoms with van der Waals surface area (Å²) in [6, 6.07) is 25.2. The molecule has 1 amide bonds. The molecule has 0 radical (unpaired) electrons. The van der Waals surface area contributed by atoms with E-state index in [1.54, 1.807) is 17.0 Å². The lowest BCUT2D eigenvalue weighted by atomic mass is 10.1. The van der Waals surface area contributed by atoms with E-state index >= 15 is 0 Å². The molecule has 3 aromatic rings. The molecule has 0 atom stereocenters. The van der Waals surface area contributed by atoms with Gasteiger partial charge in [0.15, 0.2) is 0 Å². The number of rotatable bonds is 6. The number of hydrogen-bond acceptors (Lipinski definition) is 3. The summed E-state index contributed by atoms with van der Waals surface area (Å²) in [4.78, 5) is 15.1. The minimum absolute atomic E-state index is 0.156. The lowest BCUT2D eigenvalue weighted by Crippen LogP contribution is -2.30. The van der Waals surface area contributed by atoms with Crippen molar-refractivity contribution < 1.29 is 13.2 Å². The molecule has 0 fully saturated rings. The van der Waals surface area contributed by atoms with Crippen molar-refractivity contribution in [3.05, 3.63) is 96.1 Å². The Morgan fingerprint density at radius 3 is 1.86 bits per heavy atom. The minimum Gasteiger partial charge on any atom is -0.304 e. The molecule has 5 nitrogen and oxygen atoms in total. The number of amides is 1. The maximum Gasteiger partial charge on any atom is 0.258 e. The van der Waals surface area contributed by atoms with E-state index in [1.807, 2.05) is 60.7 Å². The summed E-state index contributed by atoms with van der Waals surface area (Å²) >= 11 is 0. The predicted octanol–water partition coefficient (Wildman–Crippen LogP) is 3.78. The number of hydrogen-bond donors (Lipinski definition) is 0. The van der Waals surface area contributed by atoms with Gasteiger partial charge in [-0.25, -0.2) is 12.7 Å². The van der Waals surface area contributed by atoms with Gasteiger partial charge in [-0.2, -0.15) is 0 Å². The molecule has 0 N–H and O–H groups in total. The number of sulfonamides is 1. The van der Waals surface area contributed by atoms with Gasteiger partial charge in [0.05, 0.1) is 11.4 Å². The molecule has 0 spiro atoms. The smallest absolute Gasteiger partial charge is 0.258 e. The predicted molar refractivity (Wildman–Crippen MR) is 111 cm³/mol. The van der Waals surface area contributed by atoms with Crippen molar-refractivity contribution in [2.24, 2.45) is 0 Å². The largest absolute Gasteiger partial charge is 0.304 e. The number of benzene rings is 3. The second kappa shape index (κ2) is 8.37. The molecule has 3 aromatic carbocycles. The first kappa shape index (κ1) is 19.8. The molecular formula is C22H22N2O3S. The Bertz CT molecular complexity index is 1030. The van der Waals surface area contributed by atoms with Crippen LogP contribution in [0.1, 0.15) is 15.9 Å². The molecule has 28 heavy (non-hydrogen) atoms. The van der Waals surface area contributed by atoms with Crippen LogP contribution < -0.4 is 4.90 Å². The van der Waals surface area contributed by atoms with E-state index in [-0.39, 0.29) is 10.8 Å². The second-order valence-corrected chi connectivity index (χ2v) is 8.68. The lowest BCUT2D eigenvalue weighted by molar-refractivity contribution is 0.0985. The molecule has 0 aliphatic rings. The van der Waals surface area contributed by atoms with Crippen molar-refractivity contribution in [3.63, 3.8) is 0 Å². The van der Waals surface area contributed by atoms with Gasteiger partial charge in [-0.1, -0.05) is 48.5 Å². The van der Waals surface area contributed by atoms with Crippen LogP contribution in [0.4, 0.5) is 5.69 Å². The highest BCUT2D eigenvalue weighted by Crippen LogP contribution is 2.21. The van der Waals surface area contributed by atoms with Crippen LogP contribution in [0.25, 0.3) is 0 Å². The highest BCUT2D eigenvalue weighted by molar-refractivity contribution is 7.89. The number of para-hydroxylation sites is 1. The molecule has 0 saturated carbocycles. The van der Waals surface area contributed by atoms with Gasteiger partial charge in [0.1, 0.15) is 0 Å². The van der Waals surface area contributed by atoms with Gasteiger partial charge in [-0.15, -0.1) is 0 Å². The number of nitrogens with zero attached hydrogens (tertiary/aromatic N) is 2. The molecule has 0 aliphatic heterocycles. The molecule has 0 saturated heterocycles. The third-order valence-electron chi connectivity index (χ3n) is 4.38. The summed E-state index contributed by atoms with van der Waals surface area (Å²) in [5.41, 5.74) is 2.21. The Hall–Kier alpha value is -2.96. The van der Waals surface area contributed by atoms with Crippen LogP contribution in [-0.2, 0) is 16.6 Å². The first-order valence-electron chi connectivity index (χ1n) is 8.83. The maximum atomic E-state index is 13.2. The zero-order valence-corrected chi connectivity index (χ0v) is 16.6. The van der Waals surface area contributed by atoms with Crippen molar-refractivity contribution in [1.29, 1.82) is 0 Å². The van der Waals surface area contributed by atoms with Crippen LogP contribution in [0.15, 0.2) is 89.8 Å². The first-order valence-corrected chi connectivity index (χ1v) is 10.3. The first-order chi connectivity index (χ1) is 13.4. The lowest BCUT2D eigenvalue weighted by Gasteiger charge is -2.23. The molecule has 0 unspecified atom stereocenters. The average molecular weight is 394 g/mol. The molecule has 144 valence electrons. The van der Waals surface area contributed by atoms with Gasteiger partial charge in [-0.05, 0) is 42.0 Å². The Morgan fingerprint density at radius 1 is 0.786 bits per heavy atom. The van der Waals surface area contributed by atoms with Crippen LogP contribution in [0.2, 0.25) is 0 Å². The SMILES string of the molecule is CN(C)S(=O)(=O)c1ccc(C(=O)N(Cc2ccccc2)c2ccccc2)cc1. The Kier molecular flexibility index (Phi) is 5.92. The Labute approximate surface area is 165 Å². The van der Waals surface area contributed by atoms with E-state index in [1.165, 1.54) is 26.2 Å². The highest BCUT2D eigenvalue weighted by Gasteiger charge is 2.21. The second-order valence-electron chi connectivity index (χ2n) is 6.52. The third kappa shape index (κ3) is 4.30. The van der Waals surface area contributed by atoms with E-state index in [9.17, 15) is 13.2 Å². The zero-order valence-electron chi connectivity index (χ0n) is 15.8. The van der Waals surface area contributed by atoms with Gasteiger partial charge >= 0.3 is 0 Å².